The van der Waals surface area contributed by atoms with Crippen LogP contribution in [-0.2, 0) is 9.53 Å². The molecule has 7 heteroatoms. The van der Waals surface area contributed by atoms with E-state index in [1.807, 2.05) is 30.3 Å². The molecular weight excluding hydrogens is 394 g/mol. The van der Waals surface area contributed by atoms with E-state index in [0.717, 1.165) is 51.1 Å². The lowest BCUT2D eigenvalue weighted by atomic mass is 10.1. The van der Waals surface area contributed by atoms with Crippen LogP contribution in [0.4, 0.5) is 11.4 Å². The largest absolute Gasteiger partial charge is 0.484 e. The van der Waals surface area contributed by atoms with Crippen LogP contribution in [0.3, 0.4) is 0 Å². The number of carbonyl (C=O) groups excluding carboxylic acids is 2. The van der Waals surface area contributed by atoms with E-state index in [1.54, 1.807) is 18.2 Å². The van der Waals surface area contributed by atoms with E-state index in [1.165, 1.54) is 0 Å². The molecule has 2 N–H and O–H groups in total. The van der Waals surface area contributed by atoms with Crippen LogP contribution in [-0.4, -0.2) is 50.8 Å². The van der Waals surface area contributed by atoms with Gasteiger partial charge in [-0.15, -0.1) is 0 Å². The average Bonchev–Trinajstić information content (AvgIpc) is 3.51. The van der Waals surface area contributed by atoms with Crippen molar-refractivity contribution in [3.05, 3.63) is 54.1 Å². The number of benzene rings is 2. The lowest BCUT2D eigenvalue weighted by Crippen LogP contribution is -2.33. The monoisotopic (exact) mass is 423 g/mol. The molecule has 0 radical (unpaired) electrons. The number of hydrogen-bond donors (Lipinski definition) is 2. The first-order valence-electron chi connectivity index (χ1n) is 11.0. The van der Waals surface area contributed by atoms with Crippen LogP contribution in [0.1, 0.15) is 36.0 Å². The number of nitrogens with zero attached hydrogens (tertiary/aromatic N) is 1. The Morgan fingerprint density at radius 3 is 2.61 bits per heavy atom. The summed E-state index contributed by atoms with van der Waals surface area (Å²) in [7, 11) is 0. The summed E-state index contributed by atoms with van der Waals surface area (Å²) in [6, 6.07) is 14.7. The van der Waals surface area contributed by atoms with Gasteiger partial charge in [0.15, 0.2) is 6.61 Å². The Morgan fingerprint density at radius 1 is 1.06 bits per heavy atom. The second-order valence-electron chi connectivity index (χ2n) is 7.92. The molecule has 0 bridgehead atoms. The highest BCUT2D eigenvalue weighted by Gasteiger charge is 2.22. The quantitative estimate of drug-likeness (QED) is 0.682. The van der Waals surface area contributed by atoms with Gasteiger partial charge in [0.1, 0.15) is 5.75 Å². The molecule has 2 aliphatic heterocycles. The van der Waals surface area contributed by atoms with E-state index >= 15 is 0 Å². The van der Waals surface area contributed by atoms with Gasteiger partial charge in [0.2, 0.25) is 0 Å². The van der Waals surface area contributed by atoms with Crippen LogP contribution in [0, 0.1) is 0 Å². The predicted molar refractivity (Wildman–Crippen MR) is 120 cm³/mol. The zero-order valence-electron chi connectivity index (χ0n) is 17.6. The average molecular weight is 424 g/mol. The maximum Gasteiger partial charge on any atom is 0.262 e. The van der Waals surface area contributed by atoms with E-state index in [4.69, 9.17) is 9.47 Å². The van der Waals surface area contributed by atoms with Crippen molar-refractivity contribution >= 4 is 23.2 Å². The molecule has 0 saturated carbocycles. The van der Waals surface area contributed by atoms with E-state index in [0.29, 0.717) is 23.5 Å². The number of anilines is 2. The van der Waals surface area contributed by atoms with Crippen LogP contribution < -0.4 is 20.3 Å². The zero-order chi connectivity index (χ0) is 21.5. The number of nitrogens with one attached hydrogen (secondary N) is 2. The van der Waals surface area contributed by atoms with Crippen LogP contribution in [0.25, 0.3) is 0 Å². The maximum absolute atomic E-state index is 13.0. The molecule has 1 unspecified atom stereocenters. The van der Waals surface area contributed by atoms with Gasteiger partial charge in [-0.3, -0.25) is 9.59 Å². The smallest absolute Gasteiger partial charge is 0.262 e. The van der Waals surface area contributed by atoms with E-state index in [9.17, 15) is 9.59 Å². The maximum atomic E-state index is 13.0. The molecule has 0 spiro atoms. The number of hydrogen-bond acceptors (Lipinski definition) is 5. The third-order valence-corrected chi connectivity index (χ3v) is 5.60. The van der Waals surface area contributed by atoms with Crippen LogP contribution >= 0.6 is 0 Å². The van der Waals surface area contributed by atoms with Crippen molar-refractivity contribution in [1.82, 2.24) is 5.32 Å². The molecule has 0 aromatic heterocycles. The van der Waals surface area contributed by atoms with Gasteiger partial charge in [0, 0.05) is 37.6 Å². The molecule has 2 fully saturated rings. The molecule has 0 aliphatic carbocycles. The summed E-state index contributed by atoms with van der Waals surface area (Å²) in [6.07, 6.45) is 4.32. The topological polar surface area (TPSA) is 79.9 Å². The minimum atomic E-state index is -0.275. The van der Waals surface area contributed by atoms with Crippen LogP contribution in [0.5, 0.6) is 5.75 Å². The molecular formula is C24H29N3O4. The third kappa shape index (κ3) is 5.76. The molecule has 2 heterocycles. The summed E-state index contributed by atoms with van der Waals surface area (Å²) >= 11 is 0. The van der Waals surface area contributed by atoms with Crippen LogP contribution in [0.15, 0.2) is 48.5 Å². The number of para-hydroxylation sites is 1. The Balaban J connectivity index is 1.43. The molecule has 164 valence electrons. The molecule has 1 atom stereocenters. The third-order valence-electron chi connectivity index (χ3n) is 5.60. The van der Waals surface area contributed by atoms with Gasteiger partial charge in [-0.05, 0) is 56.0 Å². The van der Waals surface area contributed by atoms with Gasteiger partial charge in [0.25, 0.3) is 11.8 Å². The second kappa shape index (κ2) is 10.3. The van der Waals surface area contributed by atoms with Crippen molar-refractivity contribution in [2.75, 3.05) is 43.1 Å². The predicted octanol–water partition coefficient (Wildman–Crippen LogP) is 3.21. The molecule has 4 rings (SSSR count). The van der Waals surface area contributed by atoms with Crippen molar-refractivity contribution in [3.63, 3.8) is 0 Å². The summed E-state index contributed by atoms with van der Waals surface area (Å²) < 4.78 is 11.1. The summed E-state index contributed by atoms with van der Waals surface area (Å²) in [4.78, 5) is 27.6. The summed E-state index contributed by atoms with van der Waals surface area (Å²) in [5.41, 5.74) is 2.05. The van der Waals surface area contributed by atoms with Crippen LogP contribution in [0.2, 0.25) is 0 Å². The Bertz CT molecular complexity index is 891. The van der Waals surface area contributed by atoms with Crippen molar-refractivity contribution in [2.45, 2.75) is 31.8 Å². The van der Waals surface area contributed by atoms with Gasteiger partial charge < -0.3 is 25.0 Å². The lowest BCUT2D eigenvalue weighted by Gasteiger charge is -2.22. The highest BCUT2D eigenvalue weighted by molar-refractivity contribution is 6.02. The number of rotatable bonds is 8. The normalized spacial score (nSPS) is 18.1. The Hall–Kier alpha value is -3.06. The van der Waals surface area contributed by atoms with Gasteiger partial charge in [0.05, 0.1) is 11.7 Å². The molecule has 2 saturated heterocycles. The van der Waals surface area contributed by atoms with Crippen molar-refractivity contribution in [3.8, 4) is 5.75 Å². The standard InChI is InChI=1S/C24H29N3O4/c28-23(17-31-19-7-2-1-3-8-19)26-18-10-11-22(27-12-4-5-13-27)21(15-18)24(29)25-16-20-9-6-14-30-20/h1-3,7-8,10-11,15,20H,4-6,9,12-14,16-17H2,(H,25,29)(H,26,28). The van der Waals surface area contributed by atoms with Crippen molar-refractivity contribution in [2.24, 2.45) is 0 Å². The van der Waals surface area contributed by atoms with Gasteiger partial charge >= 0.3 is 0 Å². The minimum absolute atomic E-state index is 0.0807. The number of carbonyl (C=O) groups is 2. The van der Waals surface area contributed by atoms with E-state index in [2.05, 4.69) is 15.5 Å². The Morgan fingerprint density at radius 2 is 1.87 bits per heavy atom. The fraction of sp³-hybridized carbons (Fsp3) is 0.417. The molecule has 31 heavy (non-hydrogen) atoms. The first-order chi connectivity index (χ1) is 15.2. The lowest BCUT2D eigenvalue weighted by molar-refractivity contribution is -0.118. The fourth-order valence-corrected chi connectivity index (χ4v) is 4.00. The first-order valence-corrected chi connectivity index (χ1v) is 11.0. The Kier molecular flexibility index (Phi) is 7.04. The number of ether oxygens (including phenoxy) is 2. The summed E-state index contributed by atoms with van der Waals surface area (Å²) in [5, 5.41) is 5.84. The zero-order valence-corrected chi connectivity index (χ0v) is 17.6. The highest BCUT2D eigenvalue weighted by Crippen LogP contribution is 2.28. The minimum Gasteiger partial charge on any atom is -0.484 e. The molecule has 7 nitrogen and oxygen atoms in total. The van der Waals surface area contributed by atoms with E-state index in [-0.39, 0.29) is 24.5 Å². The SMILES string of the molecule is O=C(COc1ccccc1)Nc1ccc(N2CCCC2)c(C(=O)NCC2CCCO2)c1. The van der Waals surface area contributed by atoms with Gasteiger partial charge in [-0.1, -0.05) is 18.2 Å². The highest BCUT2D eigenvalue weighted by atomic mass is 16.5. The summed E-state index contributed by atoms with van der Waals surface area (Å²) in [6.45, 7) is 3.02. The van der Waals surface area contributed by atoms with Crippen molar-refractivity contribution < 1.29 is 19.1 Å². The molecule has 2 amide bonds. The Labute approximate surface area is 182 Å². The fourth-order valence-electron chi connectivity index (χ4n) is 4.00. The van der Waals surface area contributed by atoms with Gasteiger partial charge in [-0.25, -0.2) is 0 Å². The first kappa shape index (κ1) is 21.2. The molecule has 2 aromatic rings. The second-order valence-corrected chi connectivity index (χ2v) is 7.92. The van der Waals surface area contributed by atoms with Gasteiger partial charge in [-0.2, -0.15) is 0 Å². The van der Waals surface area contributed by atoms with E-state index < -0.39 is 0 Å². The number of amides is 2. The molecule has 2 aromatic carbocycles. The summed E-state index contributed by atoms with van der Waals surface area (Å²) in [5.74, 6) is 0.216. The van der Waals surface area contributed by atoms with Crippen molar-refractivity contribution in [1.29, 1.82) is 0 Å². The molecule has 2 aliphatic rings.